The summed E-state index contributed by atoms with van der Waals surface area (Å²) in [4.78, 5) is 12.1. The molecule has 0 aliphatic rings. The minimum Gasteiger partial charge on any atom is -0.385 e. The third-order valence-electron chi connectivity index (χ3n) is 2.85. The van der Waals surface area contributed by atoms with Gasteiger partial charge in [0.25, 0.3) is 5.91 Å². The summed E-state index contributed by atoms with van der Waals surface area (Å²) in [5, 5.41) is 6.28. The summed E-state index contributed by atoms with van der Waals surface area (Å²) in [6.07, 6.45) is 2.04. The van der Waals surface area contributed by atoms with E-state index >= 15 is 0 Å². The maximum Gasteiger partial charge on any atom is 0.251 e. The number of carbonyl (C=O) groups is 1. The molecule has 0 bridgehead atoms. The number of hydrogen-bond donors (Lipinski definition) is 2. The number of amides is 1. The minimum atomic E-state index is -0.147. The first-order chi connectivity index (χ1) is 8.48. The van der Waals surface area contributed by atoms with Crippen LogP contribution in [0.5, 0.6) is 0 Å². The molecule has 18 heavy (non-hydrogen) atoms. The Hall–Kier alpha value is -1.51. The predicted molar refractivity (Wildman–Crippen MR) is 77.1 cm³/mol. The van der Waals surface area contributed by atoms with Crippen molar-refractivity contribution < 1.29 is 4.79 Å². The zero-order valence-corrected chi connectivity index (χ0v) is 11.8. The van der Waals surface area contributed by atoms with Gasteiger partial charge >= 0.3 is 0 Å². The molecule has 0 radical (unpaired) electrons. The summed E-state index contributed by atoms with van der Waals surface area (Å²) in [5.41, 5.74) is 1.61. The number of carbonyl (C=O) groups excluding carboxylic acids is 1. The third-order valence-corrected chi connectivity index (χ3v) is 2.85. The molecule has 3 heteroatoms. The Bertz CT molecular complexity index is 382. The first-order valence-electron chi connectivity index (χ1n) is 6.65. The van der Waals surface area contributed by atoms with Crippen LogP contribution in [0.25, 0.3) is 0 Å². The van der Waals surface area contributed by atoms with Gasteiger partial charge in [-0.05, 0) is 51.5 Å². The molecule has 0 saturated heterocycles. The van der Waals surface area contributed by atoms with Crippen molar-refractivity contribution in [2.75, 3.05) is 11.9 Å². The standard InChI is InChI=1S/C15H24N2O/c1-5-11-15(3,4)17-14(18)12-7-9-13(10-8-12)16-6-2/h7-10,16H,5-6,11H2,1-4H3,(H,17,18). The van der Waals surface area contributed by atoms with Gasteiger partial charge in [0.1, 0.15) is 0 Å². The van der Waals surface area contributed by atoms with Crippen molar-refractivity contribution in [3.8, 4) is 0 Å². The van der Waals surface area contributed by atoms with E-state index in [9.17, 15) is 4.79 Å². The smallest absolute Gasteiger partial charge is 0.251 e. The van der Waals surface area contributed by atoms with Crippen LogP contribution in [0.2, 0.25) is 0 Å². The lowest BCUT2D eigenvalue weighted by Gasteiger charge is -2.25. The van der Waals surface area contributed by atoms with Crippen LogP contribution in [0.1, 0.15) is 50.9 Å². The molecule has 0 aliphatic carbocycles. The van der Waals surface area contributed by atoms with E-state index in [2.05, 4.69) is 31.4 Å². The molecular weight excluding hydrogens is 224 g/mol. The number of nitrogens with one attached hydrogen (secondary N) is 2. The Morgan fingerprint density at radius 3 is 2.28 bits per heavy atom. The first-order valence-corrected chi connectivity index (χ1v) is 6.65. The number of anilines is 1. The van der Waals surface area contributed by atoms with Gasteiger partial charge in [-0.15, -0.1) is 0 Å². The molecule has 2 N–H and O–H groups in total. The molecule has 0 atom stereocenters. The summed E-state index contributed by atoms with van der Waals surface area (Å²) in [7, 11) is 0. The van der Waals surface area contributed by atoms with E-state index in [1.54, 1.807) is 0 Å². The Kier molecular flexibility index (Phi) is 5.20. The molecule has 3 nitrogen and oxygen atoms in total. The maximum atomic E-state index is 12.1. The van der Waals surface area contributed by atoms with Crippen LogP contribution in [0.15, 0.2) is 24.3 Å². The van der Waals surface area contributed by atoms with E-state index < -0.39 is 0 Å². The summed E-state index contributed by atoms with van der Waals surface area (Å²) in [6.45, 7) is 9.17. The average Bonchev–Trinajstić information content (AvgIpc) is 2.29. The van der Waals surface area contributed by atoms with E-state index in [1.807, 2.05) is 31.2 Å². The number of hydrogen-bond acceptors (Lipinski definition) is 2. The molecule has 1 rings (SSSR count). The van der Waals surface area contributed by atoms with Crippen LogP contribution in [0.4, 0.5) is 5.69 Å². The largest absolute Gasteiger partial charge is 0.385 e. The van der Waals surface area contributed by atoms with Crippen molar-refractivity contribution >= 4 is 11.6 Å². The van der Waals surface area contributed by atoms with Gasteiger partial charge < -0.3 is 10.6 Å². The Labute approximate surface area is 110 Å². The van der Waals surface area contributed by atoms with E-state index in [0.717, 1.165) is 25.1 Å². The molecular formula is C15H24N2O. The normalized spacial score (nSPS) is 11.1. The Balaban J connectivity index is 2.67. The molecule has 0 heterocycles. The van der Waals surface area contributed by atoms with Crippen molar-refractivity contribution in [3.05, 3.63) is 29.8 Å². The molecule has 0 saturated carbocycles. The molecule has 1 aromatic rings. The van der Waals surface area contributed by atoms with Gasteiger partial charge in [-0.2, -0.15) is 0 Å². The van der Waals surface area contributed by atoms with Gasteiger partial charge in [0, 0.05) is 23.3 Å². The summed E-state index contributed by atoms with van der Waals surface area (Å²) in [5.74, 6) is -0.00324. The third kappa shape index (κ3) is 4.40. The van der Waals surface area contributed by atoms with E-state index in [1.165, 1.54) is 0 Å². The fraction of sp³-hybridized carbons (Fsp3) is 0.533. The lowest BCUT2D eigenvalue weighted by molar-refractivity contribution is 0.0909. The van der Waals surface area contributed by atoms with Crippen LogP contribution in [0, 0.1) is 0 Å². The second-order valence-corrected chi connectivity index (χ2v) is 5.20. The molecule has 0 spiro atoms. The monoisotopic (exact) mass is 248 g/mol. The van der Waals surface area contributed by atoms with Gasteiger partial charge in [-0.1, -0.05) is 13.3 Å². The van der Waals surface area contributed by atoms with E-state index in [4.69, 9.17) is 0 Å². The van der Waals surface area contributed by atoms with Crippen molar-refractivity contribution in [1.29, 1.82) is 0 Å². The van der Waals surface area contributed by atoms with E-state index in [0.29, 0.717) is 5.56 Å². The van der Waals surface area contributed by atoms with Crippen LogP contribution in [-0.4, -0.2) is 18.0 Å². The lowest BCUT2D eigenvalue weighted by atomic mass is 9.98. The van der Waals surface area contributed by atoms with Crippen molar-refractivity contribution in [2.24, 2.45) is 0 Å². The van der Waals surface area contributed by atoms with Crippen LogP contribution in [-0.2, 0) is 0 Å². The number of benzene rings is 1. The van der Waals surface area contributed by atoms with Gasteiger partial charge in [-0.3, -0.25) is 4.79 Å². The van der Waals surface area contributed by atoms with Crippen LogP contribution in [0.3, 0.4) is 0 Å². The molecule has 0 aliphatic heterocycles. The van der Waals surface area contributed by atoms with Gasteiger partial charge in [-0.25, -0.2) is 0 Å². The highest BCUT2D eigenvalue weighted by atomic mass is 16.1. The maximum absolute atomic E-state index is 12.1. The minimum absolute atomic E-state index is 0.00324. The highest BCUT2D eigenvalue weighted by Crippen LogP contribution is 2.14. The van der Waals surface area contributed by atoms with Crippen molar-refractivity contribution in [1.82, 2.24) is 5.32 Å². The lowest BCUT2D eigenvalue weighted by Crippen LogP contribution is -2.43. The average molecular weight is 248 g/mol. The molecule has 0 unspecified atom stereocenters. The van der Waals surface area contributed by atoms with E-state index in [-0.39, 0.29) is 11.4 Å². The second kappa shape index (κ2) is 6.43. The predicted octanol–water partition coefficient (Wildman–Crippen LogP) is 3.43. The SMILES string of the molecule is CCCC(C)(C)NC(=O)c1ccc(NCC)cc1. The fourth-order valence-electron chi connectivity index (χ4n) is 2.01. The van der Waals surface area contributed by atoms with Crippen molar-refractivity contribution in [2.45, 2.75) is 46.1 Å². The highest BCUT2D eigenvalue weighted by molar-refractivity contribution is 5.94. The Morgan fingerprint density at radius 2 is 1.78 bits per heavy atom. The molecule has 1 amide bonds. The molecule has 100 valence electrons. The summed E-state index contributed by atoms with van der Waals surface area (Å²) in [6, 6.07) is 7.58. The quantitative estimate of drug-likeness (QED) is 0.810. The highest BCUT2D eigenvalue weighted by Gasteiger charge is 2.19. The summed E-state index contributed by atoms with van der Waals surface area (Å²) >= 11 is 0. The van der Waals surface area contributed by atoms with Gasteiger partial charge in [0.05, 0.1) is 0 Å². The van der Waals surface area contributed by atoms with Gasteiger partial charge in [0.2, 0.25) is 0 Å². The molecule has 1 aromatic carbocycles. The Morgan fingerprint density at radius 1 is 1.17 bits per heavy atom. The van der Waals surface area contributed by atoms with Crippen LogP contribution >= 0.6 is 0 Å². The first kappa shape index (κ1) is 14.6. The summed E-state index contributed by atoms with van der Waals surface area (Å²) < 4.78 is 0. The fourth-order valence-corrected chi connectivity index (χ4v) is 2.01. The molecule has 0 aromatic heterocycles. The second-order valence-electron chi connectivity index (χ2n) is 5.20. The van der Waals surface area contributed by atoms with Gasteiger partial charge in [0.15, 0.2) is 0 Å². The topological polar surface area (TPSA) is 41.1 Å². The van der Waals surface area contributed by atoms with Crippen molar-refractivity contribution in [3.63, 3.8) is 0 Å². The number of rotatable bonds is 6. The zero-order valence-electron chi connectivity index (χ0n) is 11.8. The van der Waals surface area contributed by atoms with Crippen LogP contribution < -0.4 is 10.6 Å². The molecule has 0 fully saturated rings. The zero-order chi connectivity index (χ0) is 13.6.